The van der Waals surface area contributed by atoms with Gasteiger partial charge in [0.15, 0.2) is 0 Å². The van der Waals surface area contributed by atoms with E-state index in [0.717, 1.165) is 23.2 Å². The summed E-state index contributed by atoms with van der Waals surface area (Å²) in [7, 11) is 0. The van der Waals surface area contributed by atoms with Crippen LogP contribution >= 0.6 is 0 Å². The van der Waals surface area contributed by atoms with Gasteiger partial charge in [-0.1, -0.05) is 91.0 Å². The zero-order chi connectivity index (χ0) is 28.5. The first-order valence-corrected chi connectivity index (χ1v) is 14.7. The van der Waals surface area contributed by atoms with Crippen molar-refractivity contribution in [2.75, 3.05) is 19.6 Å². The van der Waals surface area contributed by atoms with Gasteiger partial charge >= 0.3 is 6.18 Å². The van der Waals surface area contributed by atoms with Crippen molar-refractivity contribution in [2.24, 2.45) is 11.8 Å². The fourth-order valence-electron chi connectivity index (χ4n) is 6.05. The molecular formula is C34H40F3NO3. The fourth-order valence-corrected chi connectivity index (χ4v) is 6.05. The monoisotopic (exact) mass is 567 g/mol. The van der Waals surface area contributed by atoms with Crippen LogP contribution in [0.25, 0.3) is 0 Å². The van der Waals surface area contributed by atoms with Crippen LogP contribution in [-0.4, -0.2) is 49.0 Å². The van der Waals surface area contributed by atoms with E-state index in [1.165, 1.54) is 0 Å². The molecule has 3 aromatic rings. The molecule has 0 radical (unpaired) electrons. The molecule has 7 heteroatoms. The lowest BCUT2D eigenvalue weighted by atomic mass is 9.81. The highest BCUT2D eigenvalue weighted by molar-refractivity contribution is 5.15. The Kier molecular flexibility index (Phi) is 10.5. The number of benzene rings is 3. The maximum absolute atomic E-state index is 13.3. The van der Waals surface area contributed by atoms with Gasteiger partial charge in [0.05, 0.1) is 37.9 Å². The quantitative estimate of drug-likeness (QED) is 0.241. The van der Waals surface area contributed by atoms with E-state index in [1.807, 2.05) is 91.0 Å². The first kappa shape index (κ1) is 29.8. The average molecular weight is 568 g/mol. The van der Waals surface area contributed by atoms with Crippen LogP contribution in [0.3, 0.4) is 0 Å². The lowest BCUT2D eigenvalue weighted by Gasteiger charge is -2.44. The Morgan fingerprint density at radius 3 is 1.41 bits per heavy atom. The van der Waals surface area contributed by atoms with Crippen molar-refractivity contribution < 1.29 is 27.4 Å². The number of likely N-dealkylation sites (tertiary alicyclic amines) is 1. The van der Waals surface area contributed by atoms with Crippen LogP contribution in [-0.2, 0) is 34.0 Å². The van der Waals surface area contributed by atoms with Crippen molar-refractivity contribution >= 4 is 0 Å². The lowest BCUT2D eigenvalue weighted by Crippen LogP contribution is -2.58. The SMILES string of the molecule is FC(F)(F)C1CCC(CN2CC(OCc3ccccc3)C(OCc3ccccc3)C(OCc3ccccc3)C2)CC1. The highest BCUT2D eigenvalue weighted by Crippen LogP contribution is 2.40. The van der Waals surface area contributed by atoms with E-state index in [-0.39, 0.29) is 37.1 Å². The summed E-state index contributed by atoms with van der Waals surface area (Å²) >= 11 is 0. The average Bonchev–Trinajstić information content (AvgIpc) is 3.00. The van der Waals surface area contributed by atoms with Gasteiger partial charge < -0.3 is 14.2 Å². The Balaban J connectivity index is 1.31. The van der Waals surface area contributed by atoms with Crippen molar-refractivity contribution in [3.8, 4) is 0 Å². The molecule has 1 aliphatic heterocycles. The number of rotatable bonds is 11. The minimum absolute atomic E-state index is 0.215. The van der Waals surface area contributed by atoms with E-state index in [4.69, 9.17) is 14.2 Å². The van der Waals surface area contributed by atoms with Gasteiger partial charge in [-0.15, -0.1) is 0 Å². The molecule has 2 aliphatic rings. The normalized spacial score (nSPS) is 25.7. The summed E-state index contributed by atoms with van der Waals surface area (Å²) in [5.74, 6) is -0.931. The van der Waals surface area contributed by atoms with Gasteiger partial charge in [0.2, 0.25) is 0 Å². The van der Waals surface area contributed by atoms with E-state index in [2.05, 4.69) is 4.90 Å². The molecule has 1 aliphatic carbocycles. The van der Waals surface area contributed by atoms with E-state index in [0.29, 0.717) is 45.8 Å². The standard InChI is InChI=1S/C34H40F3NO3/c35-34(36,37)30-18-16-26(17-19-30)20-38-21-31(39-23-27-10-4-1-5-11-27)33(41-25-29-14-8-3-9-15-29)32(22-38)40-24-28-12-6-2-7-13-28/h1-15,26,30-33H,16-25H2. The zero-order valence-corrected chi connectivity index (χ0v) is 23.4. The summed E-state index contributed by atoms with van der Waals surface area (Å²) in [6, 6.07) is 30.2. The number of hydrogen-bond acceptors (Lipinski definition) is 4. The molecule has 1 saturated heterocycles. The first-order chi connectivity index (χ1) is 19.9. The molecule has 0 amide bonds. The summed E-state index contributed by atoms with van der Waals surface area (Å²) in [6.07, 6.45) is -3.26. The minimum Gasteiger partial charge on any atom is -0.369 e. The second kappa shape index (κ2) is 14.5. The number of piperidine rings is 1. The van der Waals surface area contributed by atoms with E-state index in [9.17, 15) is 13.2 Å². The molecule has 4 nitrogen and oxygen atoms in total. The molecule has 2 atom stereocenters. The predicted octanol–water partition coefficient (Wildman–Crippen LogP) is 7.43. The zero-order valence-electron chi connectivity index (χ0n) is 23.4. The van der Waals surface area contributed by atoms with Crippen LogP contribution in [0.15, 0.2) is 91.0 Å². The Bertz CT molecular complexity index is 1100. The van der Waals surface area contributed by atoms with Gasteiger partial charge in [0, 0.05) is 19.6 Å². The summed E-state index contributed by atoms with van der Waals surface area (Å²) < 4.78 is 59.4. The highest BCUT2D eigenvalue weighted by atomic mass is 19.4. The van der Waals surface area contributed by atoms with Crippen molar-refractivity contribution in [2.45, 2.75) is 70.0 Å². The molecule has 2 fully saturated rings. The van der Waals surface area contributed by atoms with E-state index in [1.54, 1.807) is 0 Å². The Hall–Kier alpha value is -2.71. The molecule has 41 heavy (non-hydrogen) atoms. The molecular weight excluding hydrogens is 527 g/mol. The summed E-state index contributed by atoms with van der Waals surface area (Å²) in [5.41, 5.74) is 3.25. The lowest BCUT2D eigenvalue weighted by molar-refractivity contribution is -0.190. The van der Waals surface area contributed by atoms with Gasteiger partial charge in [-0.05, 0) is 48.3 Å². The Morgan fingerprint density at radius 2 is 1.00 bits per heavy atom. The molecule has 0 spiro atoms. The Labute approximate surface area is 241 Å². The van der Waals surface area contributed by atoms with Crippen LogP contribution in [0.5, 0.6) is 0 Å². The molecule has 3 aromatic carbocycles. The van der Waals surface area contributed by atoms with Crippen LogP contribution in [0.4, 0.5) is 13.2 Å². The van der Waals surface area contributed by atoms with Gasteiger partial charge in [0.25, 0.3) is 0 Å². The predicted molar refractivity (Wildman–Crippen MR) is 153 cm³/mol. The first-order valence-electron chi connectivity index (χ1n) is 14.7. The van der Waals surface area contributed by atoms with Crippen molar-refractivity contribution in [3.63, 3.8) is 0 Å². The number of halogens is 3. The fraction of sp³-hybridized carbons (Fsp3) is 0.471. The van der Waals surface area contributed by atoms with Crippen LogP contribution in [0.1, 0.15) is 42.4 Å². The molecule has 0 bridgehead atoms. The Morgan fingerprint density at radius 1 is 0.585 bits per heavy atom. The third-order valence-corrected chi connectivity index (χ3v) is 8.33. The minimum atomic E-state index is -4.09. The van der Waals surface area contributed by atoms with Crippen LogP contribution in [0.2, 0.25) is 0 Å². The number of ether oxygens (including phenoxy) is 3. The molecule has 2 unspecified atom stereocenters. The van der Waals surface area contributed by atoms with Gasteiger partial charge in [-0.25, -0.2) is 0 Å². The third-order valence-electron chi connectivity index (χ3n) is 8.33. The van der Waals surface area contributed by atoms with E-state index < -0.39 is 12.1 Å². The number of nitrogens with zero attached hydrogens (tertiary/aromatic N) is 1. The van der Waals surface area contributed by atoms with Crippen molar-refractivity contribution in [1.29, 1.82) is 0 Å². The van der Waals surface area contributed by atoms with Gasteiger partial charge in [-0.2, -0.15) is 13.2 Å². The smallest absolute Gasteiger partial charge is 0.369 e. The molecule has 0 N–H and O–H groups in total. The van der Waals surface area contributed by atoms with Gasteiger partial charge in [-0.3, -0.25) is 4.90 Å². The molecule has 1 heterocycles. The second-order valence-corrected chi connectivity index (χ2v) is 11.4. The maximum Gasteiger partial charge on any atom is 0.391 e. The van der Waals surface area contributed by atoms with Crippen molar-refractivity contribution in [1.82, 2.24) is 4.90 Å². The highest BCUT2D eigenvalue weighted by Gasteiger charge is 2.43. The third kappa shape index (κ3) is 8.89. The number of hydrogen-bond donors (Lipinski definition) is 0. The van der Waals surface area contributed by atoms with Crippen LogP contribution in [0, 0.1) is 11.8 Å². The topological polar surface area (TPSA) is 30.9 Å². The molecule has 0 aromatic heterocycles. The van der Waals surface area contributed by atoms with E-state index >= 15 is 0 Å². The van der Waals surface area contributed by atoms with Crippen LogP contribution < -0.4 is 0 Å². The maximum atomic E-state index is 13.3. The van der Waals surface area contributed by atoms with Gasteiger partial charge in [0.1, 0.15) is 6.10 Å². The van der Waals surface area contributed by atoms with Crippen molar-refractivity contribution in [3.05, 3.63) is 108 Å². The molecule has 220 valence electrons. The summed E-state index contributed by atoms with van der Waals surface area (Å²) in [4.78, 5) is 2.33. The second-order valence-electron chi connectivity index (χ2n) is 11.4. The molecule has 1 saturated carbocycles. The number of alkyl halides is 3. The summed E-state index contributed by atoms with van der Waals surface area (Å²) in [5, 5.41) is 0. The largest absolute Gasteiger partial charge is 0.391 e. The summed E-state index contributed by atoms with van der Waals surface area (Å²) in [6.45, 7) is 3.39. The molecule has 5 rings (SSSR count).